The summed E-state index contributed by atoms with van der Waals surface area (Å²) in [7, 11) is 4.67. The first-order valence-corrected chi connectivity index (χ1v) is 6.65. The Hall–Kier alpha value is -1.75. The van der Waals surface area contributed by atoms with E-state index in [1.165, 1.54) is 0 Å². The molecule has 0 bridgehead atoms. The minimum absolute atomic E-state index is 0. The van der Waals surface area contributed by atoms with Gasteiger partial charge in [0.15, 0.2) is 17.5 Å². The van der Waals surface area contributed by atoms with Crippen LogP contribution >= 0.6 is 24.0 Å². The van der Waals surface area contributed by atoms with E-state index in [9.17, 15) is 4.79 Å². The Morgan fingerprint density at radius 2 is 1.91 bits per heavy atom. The number of guanidine groups is 1. The number of nitrogens with two attached hydrogens (primary N) is 1. The quantitative estimate of drug-likeness (QED) is 0.240. The van der Waals surface area contributed by atoms with Crippen LogP contribution in [0.3, 0.4) is 0 Å². The van der Waals surface area contributed by atoms with E-state index in [2.05, 4.69) is 15.6 Å². The van der Waals surface area contributed by atoms with Gasteiger partial charge in [0.05, 0.1) is 20.8 Å². The number of halogens is 1. The summed E-state index contributed by atoms with van der Waals surface area (Å²) in [6, 6.07) is 5.23. The minimum Gasteiger partial charge on any atom is -0.493 e. The van der Waals surface area contributed by atoms with Crippen LogP contribution < -0.4 is 25.8 Å². The molecule has 0 aromatic heterocycles. The van der Waals surface area contributed by atoms with Gasteiger partial charge in [-0.1, -0.05) is 0 Å². The average molecular weight is 438 g/mol. The molecule has 0 unspecified atom stereocenters. The molecule has 9 heteroatoms. The molecule has 0 spiro atoms. The molecule has 0 aliphatic heterocycles. The molecule has 0 fully saturated rings. The molecule has 0 aliphatic rings. The van der Waals surface area contributed by atoms with E-state index in [4.69, 9.17) is 19.9 Å². The summed E-state index contributed by atoms with van der Waals surface area (Å²) in [5.74, 6) is 1.09. The molecular weight excluding hydrogens is 415 g/mol. The Morgan fingerprint density at radius 1 is 1.22 bits per heavy atom. The van der Waals surface area contributed by atoms with Crippen molar-refractivity contribution >= 4 is 41.5 Å². The number of aliphatic imine (C=N–C) groups is 1. The topological polar surface area (TPSA) is 107 Å². The van der Waals surface area contributed by atoms with Gasteiger partial charge in [-0.05, 0) is 12.1 Å². The Kier molecular flexibility index (Phi) is 10.9. The highest BCUT2D eigenvalue weighted by Gasteiger charge is 2.05. The van der Waals surface area contributed by atoms with Gasteiger partial charge in [-0.3, -0.25) is 4.79 Å². The number of nitrogens with zero attached hydrogens (tertiary/aromatic N) is 1. The first-order chi connectivity index (χ1) is 10.6. The van der Waals surface area contributed by atoms with Crippen molar-refractivity contribution in [2.45, 2.75) is 0 Å². The number of carbonyl (C=O) groups excluding carboxylic acids is 1. The number of hydrogen-bond donors (Lipinski definition) is 3. The van der Waals surface area contributed by atoms with Crippen LogP contribution in [0.1, 0.15) is 0 Å². The van der Waals surface area contributed by atoms with Crippen LogP contribution in [0.15, 0.2) is 23.2 Å². The number of hydrogen-bond acceptors (Lipinski definition) is 5. The van der Waals surface area contributed by atoms with Gasteiger partial charge < -0.3 is 30.6 Å². The highest BCUT2D eigenvalue weighted by molar-refractivity contribution is 14.0. The number of rotatable bonds is 8. The average Bonchev–Trinajstić information content (AvgIpc) is 2.53. The Morgan fingerprint density at radius 3 is 2.52 bits per heavy atom. The third-order valence-corrected chi connectivity index (χ3v) is 2.68. The number of ether oxygens (including phenoxy) is 3. The SMILES string of the molecule is COCCNC(=O)CN=C(N)Nc1ccc(OC)c(OC)c1.I. The van der Waals surface area contributed by atoms with Gasteiger partial charge in [0.2, 0.25) is 5.91 Å². The molecule has 1 rings (SSSR count). The van der Waals surface area contributed by atoms with Crippen LogP contribution in [0.25, 0.3) is 0 Å². The number of amides is 1. The van der Waals surface area contributed by atoms with Crippen LogP contribution in [-0.2, 0) is 9.53 Å². The first-order valence-electron chi connectivity index (χ1n) is 6.65. The summed E-state index contributed by atoms with van der Waals surface area (Å²) in [6.07, 6.45) is 0. The van der Waals surface area contributed by atoms with Gasteiger partial charge in [-0.15, -0.1) is 24.0 Å². The normalized spacial score (nSPS) is 10.5. The zero-order valence-corrected chi connectivity index (χ0v) is 15.7. The van der Waals surface area contributed by atoms with Crippen LogP contribution in [0.5, 0.6) is 11.5 Å². The summed E-state index contributed by atoms with van der Waals surface area (Å²) in [5.41, 5.74) is 6.41. The zero-order valence-electron chi connectivity index (χ0n) is 13.4. The van der Waals surface area contributed by atoms with Crippen LogP contribution in [0.4, 0.5) is 5.69 Å². The molecule has 1 aromatic rings. The lowest BCUT2D eigenvalue weighted by molar-refractivity contribution is -0.119. The molecule has 0 atom stereocenters. The molecule has 0 saturated heterocycles. The summed E-state index contributed by atoms with van der Waals surface area (Å²) in [4.78, 5) is 15.4. The van der Waals surface area contributed by atoms with E-state index in [-0.39, 0.29) is 42.4 Å². The van der Waals surface area contributed by atoms with E-state index in [0.717, 1.165) is 0 Å². The lowest BCUT2D eigenvalue weighted by Gasteiger charge is -2.11. The number of methoxy groups -OCH3 is 3. The van der Waals surface area contributed by atoms with Gasteiger partial charge >= 0.3 is 0 Å². The van der Waals surface area contributed by atoms with Gasteiger partial charge in [-0.2, -0.15) is 0 Å². The van der Waals surface area contributed by atoms with E-state index >= 15 is 0 Å². The van der Waals surface area contributed by atoms with Gasteiger partial charge in [0, 0.05) is 25.4 Å². The molecule has 8 nitrogen and oxygen atoms in total. The van der Waals surface area contributed by atoms with Crippen molar-refractivity contribution in [1.29, 1.82) is 0 Å². The second-order valence-corrected chi connectivity index (χ2v) is 4.24. The van der Waals surface area contributed by atoms with Crippen LogP contribution in [-0.4, -0.2) is 52.9 Å². The lowest BCUT2D eigenvalue weighted by atomic mass is 10.3. The summed E-state index contributed by atoms with van der Waals surface area (Å²) in [5, 5.41) is 5.52. The highest BCUT2D eigenvalue weighted by atomic mass is 127. The third-order valence-electron chi connectivity index (χ3n) is 2.68. The van der Waals surface area contributed by atoms with Gasteiger partial charge in [-0.25, -0.2) is 4.99 Å². The van der Waals surface area contributed by atoms with E-state index in [0.29, 0.717) is 30.3 Å². The van der Waals surface area contributed by atoms with Crippen LogP contribution in [0, 0.1) is 0 Å². The zero-order chi connectivity index (χ0) is 16.4. The maximum atomic E-state index is 11.5. The third kappa shape index (κ3) is 7.88. The monoisotopic (exact) mass is 438 g/mol. The number of nitrogens with one attached hydrogen (secondary N) is 2. The Labute approximate surface area is 152 Å². The van der Waals surface area contributed by atoms with Gasteiger partial charge in [0.25, 0.3) is 0 Å². The molecule has 130 valence electrons. The second kappa shape index (κ2) is 11.8. The van der Waals surface area contributed by atoms with Crippen molar-refractivity contribution in [1.82, 2.24) is 5.32 Å². The molecule has 1 amide bonds. The highest BCUT2D eigenvalue weighted by Crippen LogP contribution is 2.29. The molecule has 0 radical (unpaired) electrons. The lowest BCUT2D eigenvalue weighted by Crippen LogP contribution is -2.31. The van der Waals surface area contributed by atoms with E-state index < -0.39 is 0 Å². The van der Waals surface area contributed by atoms with Crippen molar-refractivity contribution < 1.29 is 19.0 Å². The summed E-state index contributed by atoms with van der Waals surface area (Å²) >= 11 is 0. The fourth-order valence-corrected chi connectivity index (χ4v) is 1.61. The largest absolute Gasteiger partial charge is 0.493 e. The Bertz CT molecular complexity index is 525. The Balaban J connectivity index is 0.00000484. The fraction of sp³-hybridized carbons (Fsp3) is 0.429. The minimum atomic E-state index is -0.228. The molecule has 0 saturated carbocycles. The summed E-state index contributed by atoms with van der Waals surface area (Å²) < 4.78 is 15.2. The van der Waals surface area contributed by atoms with Gasteiger partial charge in [0.1, 0.15) is 6.54 Å². The van der Waals surface area contributed by atoms with Crippen molar-refractivity contribution in [3.63, 3.8) is 0 Å². The molecular formula is C14H23IN4O4. The smallest absolute Gasteiger partial charge is 0.241 e. The fourth-order valence-electron chi connectivity index (χ4n) is 1.61. The van der Waals surface area contributed by atoms with E-state index in [1.54, 1.807) is 39.5 Å². The van der Waals surface area contributed by atoms with E-state index in [1.807, 2.05) is 0 Å². The maximum absolute atomic E-state index is 11.5. The molecule has 23 heavy (non-hydrogen) atoms. The van der Waals surface area contributed by atoms with Crippen molar-refractivity contribution in [2.75, 3.05) is 46.3 Å². The summed E-state index contributed by atoms with van der Waals surface area (Å²) in [6.45, 7) is 0.832. The molecule has 1 aromatic carbocycles. The predicted molar refractivity (Wildman–Crippen MR) is 100.0 cm³/mol. The number of benzene rings is 1. The first kappa shape index (κ1) is 21.2. The molecule has 0 heterocycles. The molecule has 4 N–H and O–H groups in total. The standard InChI is InChI=1S/C14H22N4O4.HI/c1-20-7-6-16-13(19)9-17-14(15)18-10-4-5-11(21-2)12(8-10)22-3;/h4-5,8H,6-7,9H2,1-3H3,(H,16,19)(H3,15,17,18);1H. The van der Waals surface area contributed by atoms with Crippen LogP contribution in [0.2, 0.25) is 0 Å². The molecule has 0 aliphatic carbocycles. The van der Waals surface area contributed by atoms with Crippen molar-refractivity contribution in [2.24, 2.45) is 10.7 Å². The number of carbonyl (C=O) groups is 1. The number of anilines is 1. The predicted octanol–water partition coefficient (Wildman–Crippen LogP) is 0.811. The second-order valence-electron chi connectivity index (χ2n) is 4.24. The maximum Gasteiger partial charge on any atom is 0.241 e. The van der Waals surface area contributed by atoms with Crippen molar-refractivity contribution in [3.05, 3.63) is 18.2 Å². The van der Waals surface area contributed by atoms with Crippen molar-refractivity contribution in [3.8, 4) is 11.5 Å².